The molecule has 0 saturated heterocycles. The molecule has 0 aliphatic carbocycles. The van der Waals surface area contributed by atoms with E-state index >= 15 is 0 Å². The molecule has 1 amide bonds. The monoisotopic (exact) mass is 264 g/mol. The molecule has 0 atom stereocenters. The highest BCUT2D eigenvalue weighted by Gasteiger charge is 2.16. The molecule has 99 valence electrons. The van der Waals surface area contributed by atoms with Crippen LogP contribution in [0.2, 0.25) is 0 Å². The second-order valence-electron chi connectivity index (χ2n) is 4.67. The largest absolute Gasteiger partial charge is 0.457 e. The first-order chi connectivity index (χ1) is 9.72. The highest BCUT2D eigenvalue weighted by molar-refractivity contribution is 6.13. The van der Waals surface area contributed by atoms with Crippen LogP contribution in [-0.2, 0) is 5.11 Å². The molecule has 20 heavy (non-hydrogen) atoms. The van der Waals surface area contributed by atoms with Gasteiger partial charge in [-0.1, -0.05) is 48.5 Å². The van der Waals surface area contributed by atoms with Crippen molar-refractivity contribution in [3.8, 4) is 0 Å². The molecule has 0 unspecified atom stereocenters. The Morgan fingerprint density at radius 1 is 0.900 bits per heavy atom. The van der Waals surface area contributed by atoms with Crippen LogP contribution in [0, 0.1) is 0 Å². The number of carbonyl (C=O) groups excluding carboxylic acids is 1. The van der Waals surface area contributed by atoms with Gasteiger partial charge in [-0.3, -0.25) is 4.90 Å². The molecule has 0 fully saturated rings. The van der Waals surface area contributed by atoms with Crippen LogP contribution in [0.15, 0.2) is 54.6 Å². The second kappa shape index (κ2) is 4.85. The molecule has 3 aromatic rings. The summed E-state index contributed by atoms with van der Waals surface area (Å²) in [5.41, 5.74) is 0.677. The zero-order valence-electron chi connectivity index (χ0n) is 11.2. The Labute approximate surface area is 117 Å². The van der Waals surface area contributed by atoms with Crippen molar-refractivity contribution < 1.29 is 9.90 Å². The lowest BCUT2D eigenvalue weighted by atomic mass is 10.0. The van der Waals surface area contributed by atoms with Crippen LogP contribution in [0.4, 0.5) is 10.5 Å². The SMILES string of the molecule is CCN(C([O])=O)c1cccc2c1ccc1ccccc12. The highest BCUT2D eigenvalue weighted by Crippen LogP contribution is 2.32. The Morgan fingerprint density at radius 2 is 1.65 bits per heavy atom. The number of rotatable bonds is 2. The first kappa shape index (κ1) is 12.5. The number of fused-ring (bicyclic) bond motifs is 3. The van der Waals surface area contributed by atoms with Crippen molar-refractivity contribution in [2.45, 2.75) is 6.92 Å². The van der Waals surface area contributed by atoms with E-state index in [1.807, 2.05) is 42.5 Å². The predicted molar refractivity (Wildman–Crippen MR) is 80.6 cm³/mol. The van der Waals surface area contributed by atoms with E-state index in [9.17, 15) is 9.90 Å². The van der Waals surface area contributed by atoms with Crippen LogP contribution in [0.3, 0.4) is 0 Å². The molecule has 0 N–H and O–H groups in total. The van der Waals surface area contributed by atoms with E-state index in [0.717, 1.165) is 21.5 Å². The van der Waals surface area contributed by atoms with Crippen LogP contribution >= 0.6 is 0 Å². The lowest BCUT2D eigenvalue weighted by molar-refractivity contribution is 0.177. The fourth-order valence-electron chi connectivity index (χ4n) is 2.66. The third-order valence-electron chi connectivity index (χ3n) is 3.59. The normalized spacial score (nSPS) is 10.8. The molecule has 3 nitrogen and oxygen atoms in total. The summed E-state index contributed by atoms with van der Waals surface area (Å²) in [5.74, 6) is 0. The fraction of sp³-hybridized carbons (Fsp3) is 0.118. The Hall–Kier alpha value is -2.55. The molecule has 0 saturated carbocycles. The van der Waals surface area contributed by atoms with E-state index < -0.39 is 6.09 Å². The minimum absolute atomic E-state index is 0.369. The summed E-state index contributed by atoms with van der Waals surface area (Å²) in [4.78, 5) is 12.5. The van der Waals surface area contributed by atoms with Gasteiger partial charge >= 0.3 is 6.09 Å². The van der Waals surface area contributed by atoms with Gasteiger partial charge in [0.15, 0.2) is 0 Å². The molecule has 0 aliphatic rings. The molecule has 0 bridgehead atoms. The number of anilines is 1. The van der Waals surface area contributed by atoms with Crippen molar-refractivity contribution in [1.29, 1.82) is 0 Å². The van der Waals surface area contributed by atoms with Crippen LogP contribution < -0.4 is 4.90 Å². The molecule has 3 rings (SSSR count). The molecule has 0 heterocycles. The average Bonchev–Trinajstić information content (AvgIpc) is 2.47. The summed E-state index contributed by atoms with van der Waals surface area (Å²) in [5, 5.41) is 15.5. The van der Waals surface area contributed by atoms with Gasteiger partial charge in [0, 0.05) is 11.9 Å². The third-order valence-corrected chi connectivity index (χ3v) is 3.59. The maximum atomic E-state index is 11.3. The summed E-state index contributed by atoms with van der Waals surface area (Å²) in [6.45, 7) is 2.17. The van der Waals surface area contributed by atoms with Crippen LogP contribution in [-0.4, -0.2) is 12.6 Å². The lowest BCUT2D eigenvalue weighted by Gasteiger charge is -2.18. The zero-order chi connectivity index (χ0) is 14.1. The molecule has 0 aromatic heterocycles. The van der Waals surface area contributed by atoms with E-state index in [1.165, 1.54) is 4.90 Å². The summed E-state index contributed by atoms with van der Waals surface area (Å²) >= 11 is 0. The Kier molecular flexibility index (Phi) is 3.03. The fourth-order valence-corrected chi connectivity index (χ4v) is 2.66. The highest BCUT2D eigenvalue weighted by atomic mass is 16.4. The van der Waals surface area contributed by atoms with Crippen molar-refractivity contribution in [3.05, 3.63) is 54.6 Å². The molecular formula is C17H14NO2. The molecule has 1 radical (unpaired) electrons. The Balaban J connectivity index is 2.35. The number of nitrogens with zero attached hydrogens (tertiary/aromatic N) is 1. The van der Waals surface area contributed by atoms with Crippen LogP contribution in [0.25, 0.3) is 21.5 Å². The van der Waals surface area contributed by atoms with E-state index in [0.29, 0.717) is 12.2 Å². The van der Waals surface area contributed by atoms with Crippen LogP contribution in [0.1, 0.15) is 6.92 Å². The van der Waals surface area contributed by atoms with Crippen LogP contribution in [0.5, 0.6) is 0 Å². The second-order valence-corrected chi connectivity index (χ2v) is 4.67. The lowest BCUT2D eigenvalue weighted by Crippen LogP contribution is -2.27. The van der Waals surface area contributed by atoms with Crippen molar-refractivity contribution in [1.82, 2.24) is 0 Å². The van der Waals surface area contributed by atoms with Gasteiger partial charge in [0.1, 0.15) is 0 Å². The van der Waals surface area contributed by atoms with Gasteiger partial charge < -0.3 is 0 Å². The maximum Gasteiger partial charge on any atom is 0.457 e. The maximum absolute atomic E-state index is 11.3. The van der Waals surface area contributed by atoms with Gasteiger partial charge in [0.25, 0.3) is 0 Å². The number of amides is 1. The minimum atomic E-state index is -1.17. The zero-order valence-corrected chi connectivity index (χ0v) is 11.2. The molecule has 3 heteroatoms. The number of hydrogen-bond donors (Lipinski definition) is 0. The van der Waals surface area contributed by atoms with E-state index in [2.05, 4.69) is 12.1 Å². The number of carbonyl (C=O) groups is 1. The van der Waals surface area contributed by atoms with Gasteiger partial charge in [0.05, 0.1) is 5.69 Å². The number of hydrogen-bond acceptors (Lipinski definition) is 1. The quantitative estimate of drug-likeness (QED) is 0.633. The van der Waals surface area contributed by atoms with Gasteiger partial charge in [-0.2, -0.15) is 0 Å². The third kappa shape index (κ3) is 1.88. The smallest absolute Gasteiger partial charge is 0.274 e. The van der Waals surface area contributed by atoms with Crippen molar-refractivity contribution in [2.24, 2.45) is 0 Å². The Bertz CT molecular complexity index is 795. The first-order valence-electron chi connectivity index (χ1n) is 6.61. The standard InChI is InChI=1S/C17H14NO2/c1-2-18(17(19)20)16-9-5-8-14-13-7-4-3-6-12(13)10-11-15(14)16/h3-11H,2H2,1H3. The minimum Gasteiger partial charge on any atom is -0.274 e. The predicted octanol–water partition coefficient (Wildman–Crippen LogP) is 4.37. The number of benzene rings is 3. The summed E-state index contributed by atoms with van der Waals surface area (Å²) in [6, 6.07) is 17.8. The van der Waals surface area contributed by atoms with Crippen molar-refractivity contribution in [3.63, 3.8) is 0 Å². The van der Waals surface area contributed by atoms with E-state index in [1.54, 1.807) is 6.92 Å². The summed E-state index contributed by atoms with van der Waals surface area (Å²) in [6.07, 6.45) is -1.17. The van der Waals surface area contributed by atoms with Gasteiger partial charge in [-0.05, 0) is 29.1 Å². The van der Waals surface area contributed by atoms with Gasteiger partial charge in [-0.25, -0.2) is 9.90 Å². The molecular weight excluding hydrogens is 250 g/mol. The molecule has 0 spiro atoms. The van der Waals surface area contributed by atoms with E-state index in [-0.39, 0.29) is 0 Å². The van der Waals surface area contributed by atoms with Crippen molar-refractivity contribution in [2.75, 3.05) is 11.4 Å². The van der Waals surface area contributed by atoms with Gasteiger partial charge in [0.2, 0.25) is 0 Å². The average molecular weight is 264 g/mol. The molecule has 0 aliphatic heterocycles. The van der Waals surface area contributed by atoms with E-state index in [4.69, 9.17) is 0 Å². The Morgan fingerprint density at radius 3 is 2.40 bits per heavy atom. The summed E-state index contributed by atoms with van der Waals surface area (Å²) < 4.78 is 0. The van der Waals surface area contributed by atoms with Crippen molar-refractivity contribution >= 4 is 33.3 Å². The molecule has 3 aromatic carbocycles. The summed E-state index contributed by atoms with van der Waals surface area (Å²) in [7, 11) is 0. The van der Waals surface area contributed by atoms with Gasteiger partial charge in [-0.15, -0.1) is 0 Å². The first-order valence-corrected chi connectivity index (χ1v) is 6.61. The topological polar surface area (TPSA) is 40.2 Å².